The molecule has 25 heavy (non-hydrogen) atoms. The van der Waals surface area contributed by atoms with Crippen LogP contribution in [0.1, 0.15) is 22.9 Å². The molecule has 1 aromatic heterocycles. The van der Waals surface area contributed by atoms with Gasteiger partial charge in [-0.15, -0.1) is 0 Å². The summed E-state index contributed by atoms with van der Waals surface area (Å²) in [5.74, 6) is -0.220. The van der Waals surface area contributed by atoms with E-state index in [1.54, 1.807) is 25.3 Å². The Hall–Kier alpha value is -2.99. The number of phenolic OH excluding ortho intramolecular Hbond substituents is 1. The monoisotopic (exact) mass is 338 g/mol. The Morgan fingerprint density at radius 1 is 1.24 bits per heavy atom. The number of aromatic hydroxyl groups is 1. The van der Waals surface area contributed by atoms with Gasteiger partial charge in [0.25, 0.3) is 0 Å². The Labute approximate surface area is 144 Å². The summed E-state index contributed by atoms with van der Waals surface area (Å²) in [6.07, 6.45) is 0.385. The number of methoxy groups -OCH3 is 1. The lowest BCUT2D eigenvalue weighted by Crippen LogP contribution is -2.45. The van der Waals surface area contributed by atoms with Crippen LogP contribution in [0.4, 0.5) is 0 Å². The number of carbonyl (C=O) groups is 1. The molecule has 3 aromatic rings. The molecule has 128 valence electrons. The van der Waals surface area contributed by atoms with E-state index in [4.69, 9.17) is 4.74 Å². The summed E-state index contributed by atoms with van der Waals surface area (Å²) in [6, 6.07) is 11.6. The van der Waals surface area contributed by atoms with Crippen molar-refractivity contribution in [1.82, 2.24) is 10.3 Å². The maximum Gasteiger partial charge on any atom is 0.321 e. The first-order valence-corrected chi connectivity index (χ1v) is 8.03. The summed E-state index contributed by atoms with van der Waals surface area (Å²) in [4.78, 5) is 15.0. The minimum absolute atomic E-state index is 0.0916. The molecule has 1 aliphatic heterocycles. The van der Waals surface area contributed by atoms with Crippen molar-refractivity contribution in [3.63, 3.8) is 0 Å². The second-order valence-electron chi connectivity index (χ2n) is 6.18. The number of aromatic amines is 1. The van der Waals surface area contributed by atoms with Gasteiger partial charge >= 0.3 is 5.97 Å². The standard InChI is InChI=1S/C19H18N2O4/c1-25-10-6-7-16(22)13(8-10)18-17-12(9-15(21-18)19(23)24)11-4-2-3-5-14(11)20-17/h2-8,15,18,20-22H,9H2,1H3,(H,23,24)/t15-,18-/m0/s1. The Bertz CT molecular complexity index is 963. The number of benzene rings is 2. The van der Waals surface area contributed by atoms with Crippen molar-refractivity contribution in [1.29, 1.82) is 0 Å². The maximum absolute atomic E-state index is 11.6. The summed E-state index contributed by atoms with van der Waals surface area (Å²) in [5.41, 5.74) is 3.38. The molecule has 2 aromatic carbocycles. The summed E-state index contributed by atoms with van der Waals surface area (Å²) in [5, 5.41) is 24.0. The minimum Gasteiger partial charge on any atom is -0.508 e. The molecule has 0 saturated carbocycles. The minimum atomic E-state index is -0.914. The summed E-state index contributed by atoms with van der Waals surface area (Å²) >= 11 is 0. The number of hydrogen-bond acceptors (Lipinski definition) is 4. The van der Waals surface area contributed by atoms with Crippen LogP contribution >= 0.6 is 0 Å². The lowest BCUT2D eigenvalue weighted by atomic mass is 9.90. The van der Waals surface area contributed by atoms with Crippen LogP contribution in [-0.2, 0) is 11.2 Å². The van der Waals surface area contributed by atoms with Gasteiger partial charge in [0.2, 0.25) is 0 Å². The first-order chi connectivity index (χ1) is 12.1. The van der Waals surface area contributed by atoms with Crippen LogP contribution in [0.5, 0.6) is 11.5 Å². The number of nitrogens with one attached hydrogen (secondary N) is 2. The van der Waals surface area contributed by atoms with E-state index in [1.165, 1.54) is 0 Å². The summed E-state index contributed by atoms with van der Waals surface area (Å²) < 4.78 is 5.26. The van der Waals surface area contributed by atoms with Crippen LogP contribution in [0.15, 0.2) is 42.5 Å². The second-order valence-corrected chi connectivity index (χ2v) is 6.18. The fourth-order valence-electron chi connectivity index (χ4n) is 3.53. The van der Waals surface area contributed by atoms with Crippen LogP contribution in [0.25, 0.3) is 10.9 Å². The molecule has 1 aliphatic rings. The molecule has 0 saturated heterocycles. The molecule has 0 fully saturated rings. The third kappa shape index (κ3) is 2.51. The molecule has 2 heterocycles. The molecule has 4 rings (SSSR count). The topological polar surface area (TPSA) is 94.6 Å². The number of aliphatic carboxylic acids is 1. The molecule has 0 bridgehead atoms. The van der Waals surface area contributed by atoms with Crippen molar-refractivity contribution in [2.45, 2.75) is 18.5 Å². The fraction of sp³-hybridized carbons (Fsp3) is 0.211. The van der Waals surface area contributed by atoms with Gasteiger partial charge in [0.15, 0.2) is 0 Å². The first kappa shape index (κ1) is 15.5. The average Bonchev–Trinajstić information content (AvgIpc) is 3.00. The van der Waals surface area contributed by atoms with Gasteiger partial charge in [0, 0.05) is 28.6 Å². The highest BCUT2D eigenvalue weighted by atomic mass is 16.5. The van der Waals surface area contributed by atoms with Crippen molar-refractivity contribution >= 4 is 16.9 Å². The van der Waals surface area contributed by atoms with E-state index in [2.05, 4.69) is 10.3 Å². The molecule has 0 spiro atoms. The van der Waals surface area contributed by atoms with Crippen molar-refractivity contribution in [3.05, 3.63) is 59.3 Å². The Kier molecular flexibility index (Phi) is 3.62. The van der Waals surface area contributed by atoms with Gasteiger partial charge < -0.3 is 19.9 Å². The van der Waals surface area contributed by atoms with Crippen LogP contribution in [0, 0.1) is 0 Å². The molecule has 6 nitrogen and oxygen atoms in total. The van der Waals surface area contributed by atoms with E-state index < -0.39 is 18.1 Å². The number of aromatic nitrogens is 1. The molecule has 0 amide bonds. The zero-order valence-corrected chi connectivity index (χ0v) is 13.6. The Balaban J connectivity index is 1.92. The largest absolute Gasteiger partial charge is 0.508 e. The Morgan fingerprint density at radius 3 is 2.80 bits per heavy atom. The van der Waals surface area contributed by atoms with Gasteiger partial charge in [0.1, 0.15) is 17.5 Å². The van der Waals surface area contributed by atoms with Crippen molar-refractivity contribution in [3.8, 4) is 11.5 Å². The lowest BCUT2D eigenvalue weighted by molar-refractivity contribution is -0.139. The zero-order valence-electron chi connectivity index (χ0n) is 13.6. The number of H-pyrrole nitrogens is 1. The van der Waals surface area contributed by atoms with Gasteiger partial charge in [-0.25, -0.2) is 0 Å². The van der Waals surface area contributed by atoms with E-state index in [9.17, 15) is 15.0 Å². The predicted molar refractivity (Wildman–Crippen MR) is 93.1 cm³/mol. The number of para-hydroxylation sites is 1. The van der Waals surface area contributed by atoms with Crippen molar-refractivity contribution < 1.29 is 19.7 Å². The summed E-state index contributed by atoms with van der Waals surface area (Å²) in [7, 11) is 1.55. The quantitative estimate of drug-likeness (QED) is 0.589. The number of fused-ring (bicyclic) bond motifs is 3. The van der Waals surface area contributed by atoms with Crippen molar-refractivity contribution in [2.24, 2.45) is 0 Å². The van der Waals surface area contributed by atoms with Gasteiger partial charge in [-0.05, 0) is 29.8 Å². The van der Waals surface area contributed by atoms with Gasteiger partial charge in [-0.1, -0.05) is 18.2 Å². The van der Waals surface area contributed by atoms with E-state index in [0.29, 0.717) is 17.7 Å². The molecule has 0 aliphatic carbocycles. The molecular weight excluding hydrogens is 320 g/mol. The molecular formula is C19H18N2O4. The Morgan fingerprint density at radius 2 is 2.04 bits per heavy atom. The van der Waals surface area contributed by atoms with Crippen LogP contribution < -0.4 is 10.1 Å². The summed E-state index contributed by atoms with van der Waals surface area (Å²) in [6.45, 7) is 0. The molecule has 0 radical (unpaired) electrons. The normalized spacial score (nSPS) is 19.6. The third-order valence-electron chi connectivity index (χ3n) is 4.76. The van der Waals surface area contributed by atoms with Crippen LogP contribution in [0.3, 0.4) is 0 Å². The van der Waals surface area contributed by atoms with E-state index in [1.807, 2.05) is 24.3 Å². The highest BCUT2D eigenvalue weighted by Crippen LogP contribution is 2.39. The first-order valence-electron chi connectivity index (χ1n) is 8.03. The van der Waals surface area contributed by atoms with Gasteiger partial charge in [-0.3, -0.25) is 10.1 Å². The number of hydrogen-bond donors (Lipinski definition) is 4. The average molecular weight is 338 g/mol. The second kappa shape index (κ2) is 5.82. The number of carboxylic acids is 1. The zero-order chi connectivity index (χ0) is 17.6. The van der Waals surface area contributed by atoms with Crippen LogP contribution in [0.2, 0.25) is 0 Å². The smallest absolute Gasteiger partial charge is 0.321 e. The van der Waals surface area contributed by atoms with Crippen LogP contribution in [-0.4, -0.2) is 34.3 Å². The predicted octanol–water partition coefficient (Wildman–Crippen LogP) is 2.57. The number of carboxylic acid groups (broad SMARTS) is 1. The number of phenols is 1. The van der Waals surface area contributed by atoms with E-state index in [-0.39, 0.29) is 5.75 Å². The van der Waals surface area contributed by atoms with E-state index in [0.717, 1.165) is 22.2 Å². The SMILES string of the molecule is COc1ccc(O)c([C@@H]2N[C@H](C(=O)O)Cc3c2[nH]c2ccccc32)c1. The van der Waals surface area contributed by atoms with Crippen molar-refractivity contribution in [2.75, 3.05) is 7.11 Å². The maximum atomic E-state index is 11.6. The molecule has 0 unspecified atom stereocenters. The molecule has 2 atom stereocenters. The highest BCUT2D eigenvalue weighted by Gasteiger charge is 2.35. The van der Waals surface area contributed by atoms with Gasteiger partial charge in [-0.2, -0.15) is 0 Å². The highest BCUT2D eigenvalue weighted by molar-refractivity contribution is 5.87. The molecule has 6 heteroatoms. The fourth-order valence-corrected chi connectivity index (χ4v) is 3.53. The lowest BCUT2D eigenvalue weighted by Gasteiger charge is -2.30. The number of ether oxygens (including phenoxy) is 1. The molecule has 4 N–H and O–H groups in total. The van der Waals surface area contributed by atoms with E-state index >= 15 is 0 Å². The third-order valence-corrected chi connectivity index (χ3v) is 4.76. The number of rotatable bonds is 3. The van der Waals surface area contributed by atoms with Gasteiger partial charge in [0.05, 0.1) is 13.2 Å².